The molecule has 32 heavy (non-hydrogen) atoms. The molecule has 3 aromatic rings. The number of hydrogen-bond acceptors (Lipinski definition) is 5. The molecule has 160 valence electrons. The standard InChI is InChI=1S/C24H20N4O3S/c1-31-23(30)17-12-10-16(11-13-17)21-19(22(29)26-18-9-5-6-14-25-18)20(27-24(32)28-21)15-7-3-2-4-8-15/h2-14,21H,1H3,(H,25,26,29)(H2,27,28,32). The van der Waals surface area contributed by atoms with Crippen LogP contribution in [0.2, 0.25) is 0 Å². The van der Waals surface area contributed by atoms with E-state index in [0.717, 1.165) is 11.1 Å². The molecule has 1 aliphatic rings. The second kappa shape index (κ2) is 9.40. The first-order chi connectivity index (χ1) is 15.6. The number of benzene rings is 2. The summed E-state index contributed by atoms with van der Waals surface area (Å²) in [6.45, 7) is 0. The van der Waals surface area contributed by atoms with E-state index in [-0.39, 0.29) is 5.91 Å². The number of anilines is 1. The first-order valence-corrected chi connectivity index (χ1v) is 10.3. The zero-order valence-electron chi connectivity index (χ0n) is 17.2. The fourth-order valence-corrected chi connectivity index (χ4v) is 3.66. The van der Waals surface area contributed by atoms with Crippen molar-refractivity contribution in [1.29, 1.82) is 0 Å². The van der Waals surface area contributed by atoms with Gasteiger partial charge in [0.1, 0.15) is 5.82 Å². The fourth-order valence-electron chi connectivity index (χ4n) is 3.44. The Morgan fingerprint density at radius 1 is 1.00 bits per heavy atom. The molecule has 0 spiro atoms. The number of hydrogen-bond donors (Lipinski definition) is 3. The first kappa shape index (κ1) is 21.2. The summed E-state index contributed by atoms with van der Waals surface area (Å²) in [5, 5.41) is 9.56. The van der Waals surface area contributed by atoms with Crippen molar-refractivity contribution in [2.45, 2.75) is 6.04 Å². The molecule has 2 aromatic carbocycles. The molecule has 1 aromatic heterocycles. The topological polar surface area (TPSA) is 92.4 Å². The van der Waals surface area contributed by atoms with Crippen molar-refractivity contribution in [3.63, 3.8) is 0 Å². The Hall–Kier alpha value is -4.04. The Morgan fingerprint density at radius 3 is 2.38 bits per heavy atom. The van der Waals surface area contributed by atoms with Crippen LogP contribution in [0.5, 0.6) is 0 Å². The van der Waals surface area contributed by atoms with E-state index in [2.05, 4.69) is 20.9 Å². The third-order valence-corrected chi connectivity index (χ3v) is 5.17. The second-order valence-corrected chi connectivity index (χ2v) is 7.38. The number of carbonyl (C=O) groups excluding carboxylic acids is 2. The highest BCUT2D eigenvalue weighted by Crippen LogP contribution is 2.32. The highest BCUT2D eigenvalue weighted by atomic mass is 32.1. The third kappa shape index (κ3) is 4.50. The summed E-state index contributed by atoms with van der Waals surface area (Å²) in [6, 6.07) is 21.1. The van der Waals surface area contributed by atoms with Crippen molar-refractivity contribution in [3.8, 4) is 0 Å². The van der Waals surface area contributed by atoms with Gasteiger partial charge in [-0.25, -0.2) is 9.78 Å². The third-order valence-electron chi connectivity index (χ3n) is 4.95. The molecule has 1 aliphatic heterocycles. The lowest BCUT2D eigenvalue weighted by Gasteiger charge is -2.31. The van der Waals surface area contributed by atoms with Gasteiger partial charge in [0.25, 0.3) is 5.91 Å². The van der Waals surface area contributed by atoms with Crippen LogP contribution in [-0.4, -0.2) is 29.1 Å². The Labute approximate surface area is 190 Å². The predicted octanol–water partition coefficient (Wildman–Crippen LogP) is 3.44. The fraction of sp³-hybridized carbons (Fsp3) is 0.0833. The van der Waals surface area contributed by atoms with Gasteiger partial charge in [0.15, 0.2) is 5.11 Å². The maximum absolute atomic E-state index is 13.5. The van der Waals surface area contributed by atoms with Crippen molar-refractivity contribution in [1.82, 2.24) is 15.6 Å². The van der Waals surface area contributed by atoms with Gasteiger partial charge in [-0.05, 0) is 47.6 Å². The first-order valence-electron chi connectivity index (χ1n) is 9.84. The minimum Gasteiger partial charge on any atom is -0.465 e. The lowest BCUT2D eigenvalue weighted by Crippen LogP contribution is -2.45. The molecule has 0 fully saturated rings. The number of rotatable bonds is 5. The van der Waals surface area contributed by atoms with E-state index in [4.69, 9.17) is 17.0 Å². The molecule has 4 rings (SSSR count). The minimum absolute atomic E-state index is 0.327. The van der Waals surface area contributed by atoms with Crippen LogP contribution in [-0.2, 0) is 9.53 Å². The van der Waals surface area contributed by atoms with Gasteiger partial charge in [0, 0.05) is 6.20 Å². The number of amides is 1. The number of ether oxygens (including phenoxy) is 1. The molecule has 1 amide bonds. The van der Waals surface area contributed by atoms with Gasteiger partial charge in [0.05, 0.1) is 30.0 Å². The lowest BCUT2D eigenvalue weighted by molar-refractivity contribution is -0.113. The van der Waals surface area contributed by atoms with Crippen LogP contribution in [0.3, 0.4) is 0 Å². The number of pyridine rings is 1. The molecule has 1 atom stereocenters. The summed E-state index contributed by atoms with van der Waals surface area (Å²) < 4.78 is 4.77. The van der Waals surface area contributed by atoms with Crippen LogP contribution < -0.4 is 16.0 Å². The molecule has 0 saturated heterocycles. The Morgan fingerprint density at radius 2 is 1.72 bits per heavy atom. The monoisotopic (exact) mass is 444 g/mol. The summed E-state index contributed by atoms with van der Waals surface area (Å²) in [5.41, 5.74) is 3.05. The molecule has 0 bridgehead atoms. The molecular formula is C24H20N4O3S. The zero-order chi connectivity index (χ0) is 22.5. The number of esters is 1. The van der Waals surface area contributed by atoms with E-state index in [1.54, 1.807) is 48.7 Å². The summed E-state index contributed by atoms with van der Waals surface area (Å²) in [7, 11) is 1.33. The van der Waals surface area contributed by atoms with E-state index in [1.807, 2.05) is 30.3 Å². The molecule has 1 unspecified atom stereocenters. The van der Waals surface area contributed by atoms with Gasteiger partial charge in [-0.15, -0.1) is 0 Å². The van der Waals surface area contributed by atoms with Gasteiger partial charge in [-0.3, -0.25) is 4.79 Å². The van der Waals surface area contributed by atoms with Gasteiger partial charge < -0.3 is 20.7 Å². The predicted molar refractivity (Wildman–Crippen MR) is 126 cm³/mol. The molecule has 0 aliphatic carbocycles. The molecule has 2 heterocycles. The van der Waals surface area contributed by atoms with Gasteiger partial charge in [-0.2, -0.15) is 0 Å². The smallest absolute Gasteiger partial charge is 0.337 e. The largest absolute Gasteiger partial charge is 0.465 e. The van der Waals surface area contributed by atoms with Crippen molar-refractivity contribution >= 4 is 40.7 Å². The number of methoxy groups -OCH3 is 1. The van der Waals surface area contributed by atoms with E-state index in [9.17, 15) is 9.59 Å². The molecule has 0 radical (unpaired) electrons. The summed E-state index contributed by atoms with van der Waals surface area (Å²) in [5.74, 6) is -0.323. The average molecular weight is 445 g/mol. The molecular weight excluding hydrogens is 424 g/mol. The van der Waals surface area contributed by atoms with E-state index in [1.165, 1.54) is 7.11 Å². The maximum Gasteiger partial charge on any atom is 0.337 e. The van der Waals surface area contributed by atoms with Crippen LogP contribution in [0.25, 0.3) is 5.70 Å². The van der Waals surface area contributed by atoms with Crippen LogP contribution in [0.1, 0.15) is 27.5 Å². The van der Waals surface area contributed by atoms with Crippen LogP contribution >= 0.6 is 12.2 Å². The number of thiocarbonyl (C=S) groups is 1. The van der Waals surface area contributed by atoms with Crippen molar-refractivity contribution < 1.29 is 14.3 Å². The second-order valence-electron chi connectivity index (χ2n) is 6.97. The SMILES string of the molecule is COC(=O)c1ccc(C2NC(=S)NC(c3ccccc3)=C2C(=O)Nc2ccccn2)cc1. The number of carbonyl (C=O) groups is 2. The highest BCUT2D eigenvalue weighted by Gasteiger charge is 2.32. The van der Waals surface area contributed by atoms with Gasteiger partial charge >= 0.3 is 5.97 Å². The van der Waals surface area contributed by atoms with Gasteiger partial charge in [-0.1, -0.05) is 48.5 Å². The van der Waals surface area contributed by atoms with E-state index < -0.39 is 12.0 Å². The molecule has 3 N–H and O–H groups in total. The number of aromatic nitrogens is 1. The van der Waals surface area contributed by atoms with Crippen LogP contribution in [0.4, 0.5) is 5.82 Å². The molecule has 8 heteroatoms. The summed E-state index contributed by atoms with van der Waals surface area (Å²) in [6.07, 6.45) is 1.61. The quantitative estimate of drug-likeness (QED) is 0.410. The maximum atomic E-state index is 13.5. The van der Waals surface area contributed by atoms with Crippen molar-refractivity contribution in [2.24, 2.45) is 0 Å². The van der Waals surface area contributed by atoms with Gasteiger partial charge in [0.2, 0.25) is 0 Å². The molecule has 0 saturated carbocycles. The zero-order valence-corrected chi connectivity index (χ0v) is 18.0. The number of nitrogens with one attached hydrogen (secondary N) is 3. The van der Waals surface area contributed by atoms with E-state index in [0.29, 0.717) is 27.8 Å². The van der Waals surface area contributed by atoms with Crippen LogP contribution in [0, 0.1) is 0 Å². The average Bonchev–Trinajstić information content (AvgIpc) is 2.84. The number of nitrogens with zero attached hydrogens (tertiary/aromatic N) is 1. The lowest BCUT2D eigenvalue weighted by atomic mass is 9.91. The Kier molecular flexibility index (Phi) is 6.23. The van der Waals surface area contributed by atoms with Crippen LogP contribution in [0.15, 0.2) is 84.6 Å². The summed E-state index contributed by atoms with van der Waals surface area (Å²) in [4.78, 5) is 29.5. The van der Waals surface area contributed by atoms with Crippen molar-refractivity contribution in [2.75, 3.05) is 12.4 Å². The Bertz CT molecular complexity index is 1180. The summed E-state index contributed by atoms with van der Waals surface area (Å²) >= 11 is 5.44. The highest BCUT2D eigenvalue weighted by molar-refractivity contribution is 7.80. The molecule has 7 nitrogen and oxygen atoms in total. The minimum atomic E-state index is -0.547. The van der Waals surface area contributed by atoms with Crippen molar-refractivity contribution in [3.05, 3.63) is 101 Å². The Balaban J connectivity index is 1.80. The normalized spacial score (nSPS) is 15.4. The van der Waals surface area contributed by atoms with E-state index >= 15 is 0 Å².